The molecule has 8 heteroatoms. The third-order valence-corrected chi connectivity index (χ3v) is 3.12. The largest absolute Gasteiger partial charge is 0.573 e. The molecule has 0 heterocycles. The van der Waals surface area contributed by atoms with E-state index in [9.17, 15) is 18.3 Å². The summed E-state index contributed by atoms with van der Waals surface area (Å²) in [6.45, 7) is 0.0389. The quantitative estimate of drug-likeness (QED) is 0.778. The highest BCUT2D eigenvalue weighted by Gasteiger charge is 2.31. The van der Waals surface area contributed by atoms with Crippen LogP contribution in [-0.2, 0) is 0 Å². The van der Waals surface area contributed by atoms with Crippen LogP contribution in [0.4, 0.5) is 13.2 Å². The predicted octanol–water partition coefficient (Wildman–Crippen LogP) is 3.48. The van der Waals surface area contributed by atoms with Crippen molar-refractivity contribution in [3.8, 4) is 11.5 Å². The molecule has 0 radical (unpaired) electrons. The smallest absolute Gasteiger partial charge is 0.491 e. The van der Waals surface area contributed by atoms with E-state index in [0.717, 1.165) is 6.07 Å². The molecule has 0 bridgehead atoms. The van der Waals surface area contributed by atoms with Crippen LogP contribution in [0.1, 0.15) is 0 Å². The van der Waals surface area contributed by atoms with Gasteiger partial charge in [0.2, 0.25) is 0 Å². The first-order valence-electron chi connectivity index (χ1n) is 4.74. The first-order chi connectivity index (χ1) is 8.31. The normalized spacial score (nSPS) is 13.2. The molecule has 1 rings (SSSR count). The zero-order valence-corrected chi connectivity index (χ0v) is 12.0. The first-order valence-corrected chi connectivity index (χ1v) is 6.65. The van der Waals surface area contributed by atoms with E-state index in [1.807, 2.05) is 0 Å². The third-order valence-electron chi connectivity index (χ3n) is 1.75. The molecule has 0 aliphatic rings. The van der Waals surface area contributed by atoms with E-state index in [-0.39, 0.29) is 16.8 Å². The summed E-state index contributed by atoms with van der Waals surface area (Å²) in [5.41, 5.74) is 0. The molecule has 0 saturated carbocycles. The molecule has 0 aliphatic heterocycles. The monoisotopic (exact) mass is 392 g/mol. The van der Waals surface area contributed by atoms with Gasteiger partial charge < -0.3 is 14.6 Å². The average Bonchev–Trinajstić information content (AvgIpc) is 2.27. The van der Waals surface area contributed by atoms with Crippen molar-refractivity contribution in [2.45, 2.75) is 12.5 Å². The Morgan fingerprint density at radius 1 is 1.33 bits per heavy atom. The van der Waals surface area contributed by atoms with Crippen LogP contribution < -0.4 is 9.47 Å². The van der Waals surface area contributed by atoms with Crippen molar-refractivity contribution in [2.24, 2.45) is 0 Å². The standard InChI is InChI=1S/C10H9Br2F3O3/c11-4-6(16)5-17-7-1-2-9(8(12)3-7)18-10(13,14)15/h1-3,6,16H,4-5H2. The molecule has 0 saturated heterocycles. The van der Waals surface area contributed by atoms with E-state index < -0.39 is 12.5 Å². The Morgan fingerprint density at radius 3 is 2.50 bits per heavy atom. The van der Waals surface area contributed by atoms with Crippen molar-refractivity contribution in [2.75, 3.05) is 11.9 Å². The van der Waals surface area contributed by atoms with Crippen LogP contribution in [0.3, 0.4) is 0 Å². The number of benzene rings is 1. The van der Waals surface area contributed by atoms with Crippen molar-refractivity contribution < 1.29 is 27.8 Å². The fraction of sp³-hybridized carbons (Fsp3) is 0.400. The fourth-order valence-electron chi connectivity index (χ4n) is 1.02. The maximum Gasteiger partial charge on any atom is 0.573 e. The van der Waals surface area contributed by atoms with E-state index in [1.165, 1.54) is 12.1 Å². The molecule has 0 amide bonds. The molecule has 1 N–H and O–H groups in total. The van der Waals surface area contributed by atoms with Crippen LogP contribution in [0.25, 0.3) is 0 Å². The molecular formula is C10H9Br2F3O3. The van der Waals surface area contributed by atoms with Crippen LogP contribution in [0.5, 0.6) is 11.5 Å². The van der Waals surface area contributed by atoms with E-state index in [1.54, 1.807) is 0 Å². The molecule has 1 unspecified atom stereocenters. The van der Waals surface area contributed by atoms with Gasteiger partial charge in [-0.1, -0.05) is 15.9 Å². The summed E-state index contributed by atoms with van der Waals surface area (Å²) in [6.07, 6.45) is -5.42. The zero-order chi connectivity index (χ0) is 13.8. The highest BCUT2D eigenvalue weighted by molar-refractivity contribution is 9.10. The Morgan fingerprint density at radius 2 is 2.00 bits per heavy atom. The minimum absolute atomic E-state index is 0.0389. The van der Waals surface area contributed by atoms with Crippen LogP contribution in [0.2, 0.25) is 0 Å². The second-order valence-electron chi connectivity index (χ2n) is 3.26. The number of aliphatic hydroxyl groups is 1. The molecule has 102 valence electrons. The second kappa shape index (κ2) is 6.63. The van der Waals surface area contributed by atoms with Gasteiger partial charge in [-0.2, -0.15) is 0 Å². The number of ether oxygens (including phenoxy) is 2. The average molecular weight is 394 g/mol. The van der Waals surface area contributed by atoms with Gasteiger partial charge in [-0.3, -0.25) is 0 Å². The van der Waals surface area contributed by atoms with Gasteiger partial charge in [0.05, 0.1) is 10.6 Å². The van der Waals surface area contributed by atoms with Crippen LogP contribution in [0.15, 0.2) is 22.7 Å². The van der Waals surface area contributed by atoms with Gasteiger partial charge >= 0.3 is 6.36 Å². The SMILES string of the molecule is OC(CBr)COc1ccc(OC(F)(F)F)c(Br)c1. The maximum absolute atomic E-state index is 12.0. The highest BCUT2D eigenvalue weighted by atomic mass is 79.9. The topological polar surface area (TPSA) is 38.7 Å². The summed E-state index contributed by atoms with van der Waals surface area (Å²) < 4.78 is 45.1. The Kier molecular flexibility index (Phi) is 5.74. The molecule has 3 nitrogen and oxygen atoms in total. The summed E-state index contributed by atoms with van der Waals surface area (Å²) in [7, 11) is 0. The summed E-state index contributed by atoms with van der Waals surface area (Å²) in [5.74, 6) is -0.0210. The van der Waals surface area contributed by atoms with E-state index >= 15 is 0 Å². The molecule has 0 spiro atoms. The molecule has 1 atom stereocenters. The molecule has 0 aromatic heterocycles. The van der Waals surface area contributed by atoms with Gasteiger partial charge in [0.15, 0.2) is 0 Å². The maximum atomic E-state index is 12.0. The molecule has 1 aromatic carbocycles. The van der Waals surface area contributed by atoms with E-state index in [2.05, 4.69) is 36.6 Å². The van der Waals surface area contributed by atoms with Crippen molar-refractivity contribution in [1.82, 2.24) is 0 Å². The Bertz CT molecular complexity index is 398. The highest BCUT2D eigenvalue weighted by Crippen LogP contribution is 2.33. The van der Waals surface area contributed by atoms with Crippen molar-refractivity contribution >= 4 is 31.9 Å². The lowest BCUT2D eigenvalue weighted by molar-refractivity contribution is -0.274. The van der Waals surface area contributed by atoms with Gasteiger partial charge in [0.1, 0.15) is 18.1 Å². The minimum Gasteiger partial charge on any atom is -0.491 e. The summed E-state index contributed by atoms with van der Waals surface area (Å²) in [5, 5.41) is 9.59. The van der Waals surface area contributed by atoms with Crippen molar-refractivity contribution in [3.05, 3.63) is 22.7 Å². The summed E-state index contributed by atoms with van der Waals surface area (Å²) in [4.78, 5) is 0. The van der Waals surface area contributed by atoms with Crippen LogP contribution >= 0.6 is 31.9 Å². The fourth-order valence-corrected chi connectivity index (χ4v) is 1.64. The lowest BCUT2D eigenvalue weighted by Crippen LogP contribution is -2.19. The third kappa shape index (κ3) is 5.45. The number of halogens is 5. The molecular weight excluding hydrogens is 385 g/mol. The summed E-state index contributed by atoms with van der Waals surface area (Å²) in [6, 6.07) is 3.79. The van der Waals surface area contributed by atoms with Crippen molar-refractivity contribution in [3.63, 3.8) is 0 Å². The Labute approximate surface area is 118 Å². The Balaban J connectivity index is 2.67. The van der Waals surface area contributed by atoms with Gasteiger partial charge in [0.25, 0.3) is 0 Å². The number of rotatable bonds is 5. The van der Waals surface area contributed by atoms with Gasteiger partial charge in [-0.15, -0.1) is 13.2 Å². The zero-order valence-electron chi connectivity index (χ0n) is 8.88. The molecule has 1 aromatic rings. The number of hydrogen-bond donors (Lipinski definition) is 1. The summed E-state index contributed by atoms with van der Waals surface area (Å²) >= 11 is 6.01. The molecule has 18 heavy (non-hydrogen) atoms. The van der Waals surface area contributed by atoms with Crippen LogP contribution in [-0.4, -0.2) is 29.5 Å². The van der Waals surface area contributed by atoms with Gasteiger partial charge in [-0.05, 0) is 34.1 Å². The van der Waals surface area contributed by atoms with Crippen molar-refractivity contribution in [1.29, 1.82) is 0 Å². The number of alkyl halides is 4. The predicted molar refractivity (Wildman–Crippen MR) is 66.1 cm³/mol. The van der Waals surface area contributed by atoms with Gasteiger partial charge in [0, 0.05) is 5.33 Å². The lowest BCUT2D eigenvalue weighted by atomic mass is 10.3. The lowest BCUT2D eigenvalue weighted by Gasteiger charge is -2.13. The second-order valence-corrected chi connectivity index (χ2v) is 4.76. The van der Waals surface area contributed by atoms with E-state index in [0.29, 0.717) is 11.1 Å². The molecule has 0 aliphatic carbocycles. The minimum atomic E-state index is -4.74. The first kappa shape index (κ1) is 15.6. The van der Waals surface area contributed by atoms with E-state index in [4.69, 9.17) is 4.74 Å². The Hall–Kier alpha value is -0.470. The number of aliphatic hydroxyl groups excluding tert-OH is 1. The number of hydrogen-bond acceptors (Lipinski definition) is 3. The molecule has 0 fully saturated rings. The van der Waals surface area contributed by atoms with Crippen LogP contribution in [0, 0.1) is 0 Å². The van der Waals surface area contributed by atoms with Gasteiger partial charge in [-0.25, -0.2) is 0 Å².